The van der Waals surface area contributed by atoms with Crippen molar-refractivity contribution in [3.63, 3.8) is 0 Å². The Kier molecular flexibility index (Phi) is 9.30. The third-order valence-corrected chi connectivity index (χ3v) is 2.35. The van der Waals surface area contributed by atoms with Crippen LogP contribution in [-0.4, -0.2) is 59.3 Å². The first-order chi connectivity index (χ1) is 10.3. The highest BCUT2D eigenvalue weighted by Gasteiger charge is 2.03. The molecule has 0 atom stereocenters. The lowest BCUT2D eigenvalue weighted by atomic mass is 10.3. The van der Waals surface area contributed by atoms with Gasteiger partial charge >= 0.3 is 0 Å². The van der Waals surface area contributed by atoms with Crippen molar-refractivity contribution in [1.29, 1.82) is 0 Å². The smallest absolute Gasteiger partial charge is 0.189 e. The van der Waals surface area contributed by atoms with E-state index in [1.165, 1.54) is 12.1 Å². The van der Waals surface area contributed by atoms with Gasteiger partial charge in [-0.1, -0.05) is 0 Å². The third kappa shape index (κ3) is 8.36. The second-order valence-corrected chi connectivity index (χ2v) is 3.99. The average molecular weight is 302 g/mol. The molecular formula is C14H22O7. The Bertz CT molecular complexity index is 351. The van der Waals surface area contributed by atoms with Crippen molar-refractivity contribution in [3.8, 4) is 17.2 Å². The van der Waals surface area contributed by atoms with Crippen LogP contribution in [0.1, 0.15) is 0 Å². The fourth-order valence-electron chi connectivity index (χ4n) is 1.35. The molecule has 0 saturated heterocycles. The number of methoxy groups -OCH3 is 2. The molecular weight excluding hydrogens is 280 g/mol. The van der Waals surface area contributed by atoms with Gasteiger partial charge in [-0.3, -0.25) is 0 Å². The van der Waals surface area contributed by atoms with Crippen LogP contribution >= 0.6 is 0 Å². The molecule has 120 valence electrons. The van der Waals surface area contributed by atoms with E-state index in [0.717, 1.165) is 0 Å². The molecule has 0 heterocycles. The molecule has 0 amide bonds. The normalized spacial score (nSPS) is 10.6. The minimum absolute atomic E-state index is 0.0382. The molecule has 0 fully saturated rings. The van der Waals surface area contributed by atoms with E-state index in [0.29, 0.717) is 37.9 Å². The van der Waals surface area contributed by atoms with Gasteiger partial charge in [-0.05, 0) is 0 Å². The molecule has 0 spiro atoms. The Morgan fingerprint density at radius 1 is 0.762 bits per heavy atom. The molecule has 0 bridgehead atoms. The van der Waals surface area contributed by atoms with Crippen molar-refractivity contribution in [2.75, 3.05) is 54.2 Å². The Hall–Kier alpha value is -1.54. The van der Waals surface area contributed by atoms with Crippen molar-refractivity contribution in [2.45, 2.75) is 0 Å². The summed E-state index contributed by atoms with van der Waals surface area (Å²) in [6, 6.07) is 4.58. The molecule has 1 N–H and O–H groups in total. The summed E-state index contributed by atoms with van der Waals surface area (Å²) in [5.74, 6) is 0.926. The Morgan fingerprint density at radius 3 is 1.67 bits per heavy atom. The molecule has 0 unspecified atom stereocenters. The lowest BCUT2D eigenvalue weighted by Gasteiger charge is -2.11. The number of hydrogen-bond donors (Lipinski definition) is 1. The third-order valence-electron chi connectivity index (χ3n) is 2.35. The van der Waals surface area contributed by atoms with Gasteiger partial charge in [-0.15, -0.1) is 0 Å². The standard InChI is InChI=1S/C14H22O7/c1-16-3-5-18-10-20-13-7-12(15)8-14(9-13)21-11-19-6-4-17-2/h7-9,15H,3-6,10-11H2,1-2H3. The maximum absolute atomic E-state index is 9.59. The number of phenols is 1. The van der Waals surface area contributed by atoms with Gasteiger partial charge < -0.3 is 33.5 Å². The largest absolute Gasteiger partial charge is 0.508 e. The van der Waals surface area contributed by atoms with E-state index in [9.17, 15) is 5.11 Å². The van der Waals surface area contributed by atoms with Gasteiger partial charge in [0.25, 0.3) is 0 Å². The molecule has 0 aliphatic heterocycles. The zero-order valence-electron chi connectivity index (χ0n) is 12.4. The number of aromatic hydroxyl groups is 1. The molecule has 0 radical (unpaired) electrons. The van der Waals surface area contributed by atoms with Crippen LogP contribution < -0.4 is 9.47 Å². The number of benzene rings is 1. The van der Waals surface area contributed by atoms with Gasteiger partial charge in [-0.25, -0.2) is 0 Å². The van der Waals surface area contributed by atoms with E-state index in [2.05, 4.69) is 0 Å². The van der Waals surface area contributed by atoms with E-state index in [4.69, 9.17) is 28.4 Å². The van der Waals surface area contributed by atoms with Crippen LogP contribution in [0.25, 0.3) is 0 Å². The monoisotopic (exact) mass is 302 g/mol. The van der Waals surface area contributed by atoms with Gasteiger partial charge in [0.2, 0.25) is 0 Å². The van der Waals surface area contributed by atoms with E-state index < -0.39 is 0 Å². The summed E-state index contributed by atoms with van der Waals surface area (Å²) in [5.41, 5.74) is 0. The van der Waals surface area contributed by atoms with Crippen LogP contribution in [0, 0.1) is 0 Å². The molecule has 1 aromatic rings. The summed E-state index contributed by atoms with van der Waals surface area (Å²) in [7, 11) is 3.19. The summed E-state index contributed by atoms with van der Waals surface area (Å²) in [6.07, 6.45) is 0. The van der Waals surface area contributed by atoms with Crippen LogP contribution in [0.2, 0.25) is 0 Å². The molecule has 21 heavy (non-hydrogen) atoms. The maximum Gasteiger partial charge on any atom is 0.189 e. The summed E-state index contributed by atoms with van der Waals surface area (Å²) in [4.78, 5) is 0. The topological polar surface area (TPSA) is 75.6 Å². The van der Waals surface area contributed by atoms with Crippen molar-refractivity contribution >= 4 is 0 Å². The van der Waals surface area contributed by atoms with Gasteiger partial charge in [0.05, 0.1) is 26.4 Å². The summed E-state index contributed by atoms with van der Waals surface area (Å²) in [5, 5.41) is 9.59. The van der Waals surface area contributed by atoms with Gasteiger partial charge in [0.15, 0.2) is 13.6 Å². The molecule has 7 heteroatoms. The van der Waals surface area contributed by atoms with E-state index in [1.807, 2.05) is 0 Å². The molecule has 1 aromatic carbocycles. The molecule has 0 saturated carbocycles. The van der Waals surface area contributed by atoms with E-state index in [1.54, 1.807) is 20.3 Å². The van der Waals surface area contributed by atoms with Gasteiger partial charge in [0, 0.05) is 32.4 Å². The fourth-order valence-corrected chi connectivity index (χ4v) is 1.35. The maximum atomic E-state index is 9.59. The minimum Gasteiger partial charge on any atom is -0.508 e. The van der Waals surface area contributed by atoms with E-state index in [-0.39, 0.29) is 19.3 Å². The van der Waals surface area contributed by atoms with Gasteiger partial charge in [0.1, 0.15) is 17.2 Å². The fraction of sp³-hybridized carbons (Fsp3) is 0.571. The molecule has 1 rings (SSSR count). The SMILES string of the molecule is COCCOCOc1cc(O)cc(OCOCCOC)c1. The van der Waals surface area contributed by atoms with Crippen molar-refractivity contribution in [1.82, 2.24) is 0 Å². The van der Waals surface area contributed by atoms with Crippen LogP contribution in [0.4, 0.5) is 0 Å². The predicted molar refractivity (Wildman–Crippen MR) is 74.8 cm³/mol. The number of ether oxygens (including phenoxy) is 6. The zero-order chi connectivity index (χ0) is 15.3. The number of hydrogen-bond acceptors (Lipinski definition) is 7. The average Bonchev–Trinajstić information content (AvgIpc) is 2.46. The summed E-state index contributed by atoms with van der Waals surface area (Å²) < 4.78 is 30.7. The Balaban J connectivity index is 2.32. The predicted octanol–water partition coefficient (Wildman–Crippen LogP) is 1.39. The second-order valence-electron chi connectivity index (χ2n) is 3.99. The number of phenolic OH excluding ortho intramolecular Hbond substituents is 1. The number of rotatable bonds is 12. The van der Waals surface area contributed by atoms with Crippen LogP contribution in [-0.2, 0) is 18.9 Å². The van der Waals surface area contributed by atoms with E-state index >= 15 is 0 Å². The minimum atomic E-state index is 0.0382. The van der Waals surface area contributed by atoms with Crippen LogP contribution in [0.3, 0.4) is 0 Å². The highest BCUT2D eigenvalue weighted by molar-refractivity contribution is 5.41. The first-order valence-corrected chi connectivity index (χ1v) is 6.49. The van der Waals surface area contributed by atoms with Gasteiger partial charge in [-0.2, -0.15) is 0 Å². The van der Waals surface area contributed by atoms with Crippen molar-refractivity contribution in [2.24, 2.45) is 0 Å². The lowest BCUT2D eigenvalue weighted by molar-refractivity contribution is -0.0117. The molecule has 0 aliphatic carbocycles. The second kappa shape index (κ2) is 11.2. The highest BCUT2D eigenvalue weighted by atomic mass is 16.7. The quantitative estimate of drug-likeness (QED) is 0.462. The first-order valence-electron chi connectivity index (χ1n) is 6.49. The molecule has 0 aromatic heterocycles. The van der Waals surface area contributed by atoms with Crippen molar-refractivity contribution in [3.05, 3.63) is 18.2 Å². The Morgan fingerprint density at radius 2 is 1.24 bits per heavy atom. The van der Waals surface area contributed by atoms with Crippen LogP contribution in [0.15, 0.2) is 18.2 Å². The molecule has 0 aliphatic rings. The first kappa shape index (κ1) is 17.5. The molecule has 7 nitrogen and oxygen atoms in total. The highest BCUT2D eigenvalue weighted by Crippen LogP contribution is 2.26. The summed E-state index contributed by atoms with van der Waals surface area (Å²) in [6.45, 7) is 2.00. The zero-order valence-corrected chi connectivity index (χ0v) is 12.4. The Labute approximate surface area is 124 Å². The lowest BCUT2D eigenvalue weighted by Crippen LogP contribution is -2.09. The summed E-state index contributed by atoms with van der Waals surface area (Å²) >= 11 is 0. The van der Waals surface area contributed by atoms with Crippen molar-refractivity contribution < 1.29 is 33.5 Å². The van der Waals surface area contributed by atoms with Crippen LogP contribution in [0.5, 0.6) is 17.2 Å².